The molecule has 0 saturated heterocycles. The molecule has 2 N–H and O–H groups in total. The van der Waals surface area contributed by atoms with Crippen LogP contribution in [0.3, 0.4) is 0 Å². The molecule has 1 aromatic heterocycles. The Morgan fingerprint density at radius 2 is 2.00 bits per heavy atom. The molecule has 0 spiro atoms. The Labute approximate surface area is 131 Å². The van der Waals surface area contributed by atoms with Crippen LogP contribution in [0, 0.1) is 12.3 Å². The third kappa shape index (κ3) is 6.08. The van der Waals surface area contributed by atoms with E-state index in [9.17, 15) is 4.79 Å². The molecule has 4 nitrogen and oxygen atoms in total. The van der Waals surface area contributed by atoms with E-state index in [1.54, 1.807) is 23.3 Å². The van der Waals surface area contributed by atoms with Crippen molar-refractivity contribution in [1.29, 1.82) is 0 Å². The van der Waals surface area contributed by atoms with Gasteiger partial charge in [0, 0.05) is 12.4 Å². The number of likely N-dealkylation sites (N-methyl/N-ethyl adjacent to an activating group) is 1. The first-order valence-electron chi connectivity index (χ1n) is 5.63. The molecular formula is C12H23Cl2N3OS. The van der Waals surface area contributed by atoms with Gasteiger partial charge in [-0.2, -0.15) is 0 Å². The molecular weight excluding hydrogens is 305 g/mol. The Balaban J connectivity index is 0. The van der Waals surface area contributed by atoms with Crippen LogP contribution in [0.2, 0.25) is 0 Å². The third-order valence-electron chi connectivity index (χ3n) is 2.64. The van der Waals surface area contributed by atoms with Gasteiger partial charge in [0.15, 0.2) is 0 Å². The highest BCUT2D eigenvalue weighted by molar-refractivity contribution is 7.09. The van der Waals surface area contributed by atoms with E-state index >= 15 is 0 Å². The quantitative estimate of drug-likeness (QED) is 0.928. The average molecular weight is 328 g/mol. The Kier molecular flexibility index (Phi) is 8.87. The number of hydrogen-bond donors (Lipinski definition) is 1. The summed E-state index contributed by atoms with van der Waals surface area (Å²) < 4.78 is 0. The van der Waals surface area contributed by atoms with Gasteiger partial charge in [0.25, 0.3) is 0 Å². The minimum atomic E-state index is -0.479. The van der Waals surface area contributed by atoms with Crippen molar-refractivity contribution in [3.63, 3.8) is 0 Å². The van der Waals surface area contributed by atoms with Crippen LogP contribution in [-0.4, -0.2) is 28.9 Å². The number of aryl methyl sites for hydroxylation is 1. The highest BCUT2D eigenvalue weighted by atomic mass is 35.5. The summed E-state index contributed by atoms with van der Waals surface area (Å²) in [6, 6.07) is -0.479. The van der Waals surface area contributed by atoms with Crippen molar-refractivity contribution in [2.75, 3.05) is 7.05 Å². The molecule has 7 heteroatoms. The number of carbonyl (C=O) groups excluding carboxylic acids is 1. The highest BCUT2D eigenvalue weighted by Crippen LogP contribution is 2.19. The molecule has 0 saturated carbocycles. The van der Waals surface area contributed by atoms with Crippen LogP contribution in [0.4, 0.5) is 0 Å². The lowest BCUT2D eigenvalue weighted by Crippen LogP contribution is -2.48. The van der Waals surface area contributed by atoms with Gasteiger partial charge in [-0.05, 0) is 12.3 Å². The van der Waals surface area contributed by atoms with E-state index in [4.69, 9.17) is 5.73 Å². The molecule has 1 aromatic rings. The summed E-state index contributed by atoms with van der Waals surface area (Å²) in [5.41, 5.74) is 6.65. The van der Waals surface area contributed by atoms with Gasteiger partial charge >= 0.3 is 0 Å². The van der Waals surface area contributed by atoms with Gasteiger partial charge in [0.1, 0.15) is 0 Å². The largest absolute Gasteiger partial charge is 0.338 e. The lowest BCUT2D eigenvalue weighted by molar-refractivity contribution is -0.134. The van der Waals surface area contributed by atoms with E-state index in [0.29, 0.717) is 6.54 Å². The predicted octanol–water partition coefficient (Wildman–Crippen LogP) is 2.63. The number of thiazole rings is 1. The minimum absolute atomic E-state index is 0. The molecule has 0 fully saturated rings. The molecule has 0 unspecified atom stereocenters. The maximum absolute atomic E-state index is 12.1. The first-order chi connectivity index (χ1) is 7.71. The molecule has 1 atom stereocenters. The Morgan fingerprint density at radius 3 is 2.37 bits per heavy atom. The van der Waals surface area contributed by atoms with Gasteiger partial charge in [-0.1, -0.05) is 20.8 Å². The number of hydrogen-bond acceptors (Lipinski definition) is 4. The number of rotatable bonds is 3. The average Bonchev–Trinajstić information content (AvgIpc) is 2.60. The Morgan fingerprint density at radius 1 is 1.47 bits per heavy atom. The Hall–Kier alpha value is -0.360. The molecule has 0 aromatic carbocycles. The summed E-state index contributed by atoms with van der Waals surface area (Å²) in [6.45, 7) is 8.38. The van der Waals surface area contributed by atoms with Crippen molar-refractivity contribution in [2.24, 2.45) is 11.1 Å². The first kappa shape index (κ1) is 20.9. The van der Waals surface area contributed by atoms with Crippen LogP contribution in [0.5, 0.6) is 0 Å². The van der Waals surface area contributed by atoms with E-state index in [1.807, 2.05) is 33.1 Å². The third-order valence-corrected chi connectivity index (χ3v) is 3.46. The summed E-state index contributed by atoms with van der Waals surface area (Å²) >= 11 is 1.59. The van der Waals surface area contributed by atoms with Gasteiger partial charge in [0.05, 0.1) is 23.3 Å². The predicted molar refractivity (Wildman–Crippen MR) is 85.3 cm³/mol. The first-order valence-corrected chi connectivity index (χ1v) is 6.51. The highest BCUT2D eigenvalue weighted by Gasteiger charge is 2.29. The minimum Gasteiger partial charge on any atom is -0.338 e. The smallest absolute Gasteiger partial charge is 0.240 e. The van der Waals surface area contributed by atoms with Crippen LogP contribution in [0.15, 0.2) is 5.38 Å². The zero-order valence-corrected chi connectivity index (χ0v) is 14.4. The molecule has 19 heavy (non-hydrogen) atoms. The van der Waals surface area contributed by atoms with Crippen molar-refractivity contribution in [3.8, 4) is 0 Å². The number of amides is 1. The van der Waals surface area contributed by atoms with Crippen molar-refractivity contribution < 1.29 is 4.79 Å². The second-order valence-corrected chi connectivity index (χ2v) is 6.46. The van der Waals surface area contributed by atoms with E-state index in [1.165, 1.54) is 0 Å². The molecule has 1 heterocycles. The fourth-order valence-electron chi connectivity index (χ4n) is 1.41. The van der Waals surface area contributed by atoms with Crippen LogP contribution >= 0.6 is 36.2 Å². The molecule has 0 radical (unpaired) electrons. The monoisotopic (exact) mass is 327 g/mol. The summed E-state index contributed by atoms with van der Waals surface area (Å²) in [7, 11) is 1.77. The molecule has 0 bridgehead atoms. The van der Waals surface area contributed by atoms with E-state index in [0.717, 1.165) is 10.7 Å². The van der Waals surface area contributed by atoms with Crippen molar-refractivity contribution in [1.82, 2.24) is 9.88 Å². The number of nitrogens with zero attached hydrogens (tertiary/aromatic N) is 2. The molecule has 112 valence electrons. The number of aromatic nitrogens is 1. The summed E-state index contributed by atoms with van der Waals surface area (Å²) in [6.07, 6.45) is 0. The zero-order chi connectivity index (χ0) is 13.2. The molecule has 0 aliphatic rings. The lowest BCUT2D eigenvalue weighted by atomic mass is 9.86. The number of nitrogens with two attached hydrogens (primary N) is 1. The SMILES string of the molecule is Cc1nc(CN(C)C(=O)[C@@H](N)C(C)(C)C)cs1.Cl.Cl. The standard InChI is InChI=1S/C12H21N3OS.2ClH/c1-8-14-9(7-17-8)6-15(5)11(16)10(13)12(2,3)4;;/h7,10H,6,13H2,1-5H3;2*1H/t10-;;/m1../s1. The van der Waals surface area contributed by atoms with E-state index < -0.39 is 6.04 Å². The maximum Gasteiger partial charge on any atom is 0.240 e. The zero-order valence-electron chi connectivity index (χ0n) is 12.0. The van der Waals surface area contributed by atoms with Gasteiger partial charge in [-0.3, -0.25) is 4.79 Å². The molecule has 1 amide bonds. The van der Waals surface area contributed by atoms with Crippen LogP contribution in [0.1, 0.15) is 31.5 Å². The molecule has 0 aliphatic carbocycles. The number of halogens is 2. The normalized spacial score (nSPS) is 12.1. The Bertz CT molecular complexity index is 404. The maximum atomic E-state index is 12.1. The van der Waals surface area contributed by atoms with Gasteiger partial charge in [-0.25, -0.2) is 4.98 Å². The summed E-state index contributed by atoms with van der Waals surface area (Å²) in [5.74, 6) is -0.0387. The lowest BCUT2D eigenvalue weighted by Gasteiger charge is -2.29. The van der Waals surface area contributed by atoms with E-state index in [2.05, 4.69) is 4.98 Å². The second-order valence-electron chi connectivity index (χ2n) is 5.40. The molecule has 0 aliphatic heterocycles. The topological polar surface area (TPSA) is 59.2 Å². The van der Waals surface area contributed by atoms with E-state index in [-0.39, 0.29) is 36.1 Å². The summed E-state index contributed by atoms with van der Waals surface area (Å²) in [5, 5.41) is 2.99. The summed E-state index contributed by atoms with van der Waals surface area (Å²) in [4.78, 5) is 18.1. The second kappa shape index (κ2) is 8.04. The van der Waals surface area contributed by atoms with Crippen LogP contribution < -0.4 is 5.73 Å². The van der Waals surface area contributed by atoms with Gasteiger partial charge < -0.3 is 10.6 Å². The van der Waals surface area contributed by atoms with Crippen LogP contribution in [-0.2, 0) is 11.3 Å². The van der Waals surface area contributed by atoms with Gasteiger partial charge in [0.2, 0.25) is 5.91 Å². The fourth-order valence-corrected chi connectivity index (χ4v) is 2.01. The number of carbonyl (C=O) groups is 1. The van der Waals surface area contributed by atoms with Crippen molar-refractivity contribution in [3.05, 3.63) is 16.1 Å². The fraction of sp³-hybridized carbons (Fsp3) is 0.667. The molecule has 1 rings (SSSR count). The van der Waals surface area contributed by atoms with Crippen molar-refractivity contribution in [2.45, 2.75) is 40.3 Å². The van der Waals surface area contributed by atoms with Crippen molar-refractivity contribution >= 4 is 42.1 Å². The van der Waals surface area contributed by atoms with Gasteiger partial charge in [-0.15, -0.1) is 36.2 Å². The van der Waals surface area contributed by atoms with Crippen LogP contribution in [0.25, 0.3) is 0 Å².